The van der Waals surface area contributed by atoms with Crippen molar-refractivity contribution in [3.63, 3.8) is 0 Å². The molecule has 0 bridgehead atoms. The summed E-state index contributed by atoms with van der Waals surface area (Å²) < 4.78 is 41.2. The van der Waals surface area contributed by atoms with Crippen LogP contribution in [0.2, 0.25) is 0 Å². The van der Waals surface area contributed by atoms with Crippen LogP contribution in [0.3, 0.4) is 0 Å². The molecule has 1 aliphatic heterocycles. The quantitative estimate of drug-likeness (QED) is 0.456. The zero-order valence-electron chi connectivity index (χ0n) is 16.8. The first-order valence-electron chi connectivity index (χ1n) is 9.66. The van der Waals surface area contributed by atoms with Gasteiger partial charge in [0.15, 0.2) is 5.75 Å². The van der Waals surface area contributed by atoms with Crippen LogP contribution in [0.4, 0.5) is 5.69 Å². The van der Waals surface area contributed by atoms with Crippen LogP contribution in [0.1, 0.15) is 18.9 Å². The number of ether oxygens (including phenoxy) is 1. The Morgan fingerprint density at radius 3 is 2.70 bits per heavy atom. The van der Waals surface area contributed by atoms with Gasteiger partial charge >= 0.3 is 0 Å². The van der Waals surface area contributed by atoms with Crippen LogP contribution in [-0.2, 0) is 16.7 Å². The summed E-state index contributed by atoms with van der Waals surface area (Å²) in [5.41, 5.74) is 2.96. The van der Waals surface area contributed by atoms with Crippen LogP contribution in [0.25, 0.3) is 16.3 Å². The zero-order valence-corrected chi connectivity index (χ0v) is 18.4. The summed E-state index contributed by atoms with van der Waals surface area (Å²) >= 11 is 1.73. The molecule has 0 saturated carbocycles. The maximum atomic E-state index is 11.3. The molecule has 0 saturated heterocycles. The van der Waals surface area contributed by atoms with Gasteiger partial charge in [-0.3, -0.25) is 4.55 Å². The van der Waals surface area contributed by atoms with E-state index in [0.29, 0.717) is 11.6 Å². The van der Waals surface area contributed by atoms with Crippen molar-refractivity contribution < 1.29 is 22.3 Å². The average Bonchev–Trinajstić information content (AvgIpc) is 3.22. The molecule has 0 aliphatic carbocycles. The largest absolute Gasteiger partial charge is 0.439 e. The second-order valence-corrected chi connectivity index (χ2v) is 9.66. The first-order valence-corrected chi connectivity index (χ1v) is 12.1. The Bertz CT molecular complexity index is 1260. The van der Waals surface area contributed by atoms with E-state index in [9.17, 15) is 13.0 Å². The Kier molecular flexibility index (Phi) is 5.64. The van der Waals surface area contributed by atoms with Crippen LogP contribution in [0.15, 0.2) is 66.1 Å². The maximum Gasteiger partial charge on any atom is 0.266 e. The van der Waals surface area contributed by atoms with Gasteiger partial charge in [0.2, 0.25) is 11.4 Å². The monoisotopic (exact) mass is 443 g/mol. The number of benzene rings is 2. The predicted octanol–water partition coefficient (Wildman–Crippen LogP) is 4.24. The van der Waals surface area contributed by atoms with Gasteiger partial charge in [-0.05, 0) is 37.6 Å². The maximum absolute atomic E-state index is 11.3. The molecule has 4 rings (SSSR count). The number of rotatable bonds is 6. The fraction of sp³-hybridized carbons (Fsp3) is 0.227. The summed E-state index contributed by atoms with van der Waals surface area (Å²) in [6, 6.07) is 15.8. The normalized spacial score (nSPS) is 15.6. The van der Waals surface area contributed by atoms with Crippen molar-refractivity contribution in [2.75, 3.05) is 17.2 Å². The standard InChI is InChI=1S/C22H22N2O4S2/c1-3-23-18-9-5-7-11-20(18)29-22(23)15-16(2)14-21-24(12-13-30(25,26)27)17-8-4-6-10-19(17)28-21/h4-11,14-15H,3,12-13H2,1-2H3/p+1. The summed E-state index contributed by atoms with van der Waals surface area (Å²) in [5.74, 6) is 0.826. The summed E-state index contributed by atoms with van der Waals surface area (Å²) in [7, 11) is -4.08. The molecule has 0 spiro atoms. The van der Waals surface area contributed by atoms with E-state index in [1.165, 1.54) is 10.2 Å². The Morgan fingerprint density at radius 2 is 1.93 bits per heavy atom. The second-order valence-electron chi connectivity index (χ2n) is 7.03. The zero-order chi connectivity index (χ0) is 21.3. The van der Waals surface area contributed by atoms with Gasteiger partial charge in [0.25, 0.3) is 15.1 Å². The van der Waals surface area contributed by atoms with Gasteiger partial charge in [0, 0.05) is 24.8 Å². The minimum absolute atomic E-state index is 0.104. The number of thiazole rings is 1. The lowest BCUT2D eigenvalue weighted by atomic mass is 10.2. The number of hydrogen-bond acceptors (Lipinski definition) is 5. The van der Waals surface area contributed by atoms with Gasteiger partial charge in [0.05, 0.1) is 11.4 Å². The van der Waals surface area contributed by atoms with E-state index in [4.69, 9.17) is 4.74 Å². The van der Waals surface area contributed by atoms with Crippen molar-refractivity contribution in [3.8, 4) is 5.75 Å². The lowest BCUT2D eigenvalue weighted by Gasteiger charge is -2.17. The van der Waals surface area contributed by atoms with Crippen LogP contribution in [0, 0.1) is 0 Å². The van der Waals surface area contributed by atoms with Crippen molar-refractivity contribution in [1.82, 2.24) is 0 Å². The molecule has 0 radical (unpaired) electrons. The molecule has 1 aliphatic rings. The van der Waals surface area contributed by atoms with E-state index < -0.39 is 10.1 Å². The van der Waals surface area contributed by atoms with Crippen molar-refractivity contribution in [2.45, 2.75) is 20.4 Å². The fourth-order valence-electron chi connectivity index (χ4n) is 3.52. The number of anilines is 1. The third-order valence-corrected chi connectivity index (χ3v) is 6.68. The molecule has 2 heterocycles. The van der Waals surface area contributed by atoms with Crippen molar-refractivity contribution in [3.05, 3.63) is 71.1 Å². The lowest BCUT2D eigenvalue weighted by molar-refractivity contribution is -0.665. The first-order chi connectivity index (χ1) is 14.4. The van der Waals surface area contributed by atoms with Gasteiger partial charge in [-0.25, -0.2) is 0 Å². The predicted molar refractivity (Wildman–Crippen MR) is 120 cm³/mol. The van der Waals surface area contributed by atoms with Crippen LogP contribution in [0.5, 0.6) is 5.75 Å². The number of fused-ring (bicyclic) bond motifs is 2. The smallest absolute Gasteiger partial charge is 0.266 e. The van der Waals surface area contributed by atoms with Gasteiger partial charge in [-0.15, -0.1) is 0 Å². The Morgan fingerprint density at radius 1 is 1.20 bits per heavy atom. The molecule has 156 valence electrons. The van der Waals surface area contributed by atoms with Crippen LogP contribution < -0.4 is 14.2 Å². The Hall–Kier alpha value is -2.68. The molecular weight excluding hydrogens is 420 g/mol. The van der Waals surface area contributed by atoms with Crippen molar-refractivity contribution in [1.29, 1.82) is 0 Å². The molecule has 8 heteroatoms. The SMILES string of the molecule is CC[n+]1c(C=C(C)C=C2Oc3ccccc3N2CCS(=O)(=O)O)sc2ccccc21. The van der Waals surface area contributed by atoms with Gasteiger partial charge in [-0.1, -0.05) is 35.6 Å². The number of hydrogen-bond donors (Lipinski definition) is 1. The minimum atomic E-state index is -4.08. The van der Waals surface area contributed by atoms with Crippen LogP contribution >= 0.6 is 11.3 Å². The van der Waals surface area contributed by atoms with E-state index in [0.717, 1.165) is 22.8 Å². The third-order valence-electron chi connectivity index (χ3n) is 4.86. The number of allylic oxidation sites excluding steroid dienone is 2. The Labute approximate surface area is 180 Å². The molecular formula is C22H23N2O4S2+. The van der Waals surface area contributed by atoms with Crippen molar-refractivity contribution >= 4 is 43.4 Å². The van der Waals surface area contributed by atoms with E-state index in [1.54, 1.807) is 16.2 Å². The molecule has 1 N–H and O–H groups in total. The highest BCUT2D eigenvalue weighted by atomic mass is 32.2. The molecule has 3 aromatic rings. The highest BCUT2D eigenvalue weighted by Gasteiger charge is 2.27. The van der Waals surface area contributed by atoms with E-state index in [2.05, 4.69) is 29.7 Å². The first kappa shape index (κ1) is 20.6. The lowest BCUT2D eigenvalue weighted by Crippen LogP contribution is -2.33. The molecule has 1 aromatic heterocycles. The molecule has 0 amide bonds. The number of aryl methyl sites for hydroxylation is 1. The highest BCUT2D eigenvalue weighted by Crippen LogP contribution is 2.39. The van der Waals surface area contributed by atoms with Gasteiger partial charge in [-0.2, -0.15) is 13.0 Å². The van der Waals surface area contributed by atoms with E-state index >= 15 is 0 Å². The number of nitrogens with zero attached hydrogens (tertiary/aromatic N) is 2. The number of aromatic nitrogens is 1. The summed E-state index contributed by atoms with van der Waals surface area (Å²) in [4.78, 5) is 1.78. The Balaban J connectivity index is 1.69. The van der Waals surface area contributed by atoms with Gasteiger partial charge < -0.3 is 9.64 Å². The fourth-order valence-corrected chi connectivity index (χ4v) is 5.17. The summed E-state index contributed by atoms with van der Waals surface area (Å²) in [6.07, 6.45) is 4.00. The highest BCUT2D eigenvalue weighted by molar-refractivity contribution is 7.85. The third kappa shape index (κ3) is 4.26. The molecule has 6 nitrogen and oxygen atoms in total. The molecule has 0 unspecified atom stereocenters. The molecule has 0 atom stereocenters. The molecule has 0 fully saturated rings. The topological polar surface area (TPSA) is 70.7 Å². The average molecular weight is 444 g/mol. The van der Waals surface area contributed by atoms with Crippen LogP contribution in [-0.4, -0.2) is 25.3 Å². The number of para-hydroxylation sites is 3. The second kappa shape index (κ2) is 8.22. The molecule has 2 aromatic carbocycles. The summed E-state index contributed by atoms with van der Waals surface area (Å²) in [5, 5.41) is 1.13. The summed E-state index contributed by atoms with van der Waals surface area (Å²) in [6.45, 7) is 5.08. The molecule has 30 heavy (non-hydrogen) atoms. The minimum Gasteiger partial charge on any atom is -0.439 e. The van der Waals surface area contributed by atoms with Gasteiger partial charge in [0.1, 0.15) is 11.2 Å². The van der Waals surface area contributed by atoms with E-state index in [1.807, 2.05) is 49.4 Å². The van der Waals surface area contributed by atoms with Crippen molar-refractivity contribution in [2.24, 2.45) is 0 Å². The van der Waals surface area contributed by atoms with E-state index in [-0.39, 0.29) is 12.3 Å².